The van der Waals surface area contributed by atoms with Gasteiger partial charge < -0.3 is 14.8 Å². The number of hydrogen-bond acceptors (Lipinski definition) is 9. The maximum absolute atomic E-state index is 12.9. The molecule has 0 bridgehead atoms. The number of nitrogens with zero attached hydrogens (tertiary/aromatic N) is 3. The highest BCUT2D eigenvalue weighted by molar-refractivity contribution is 8.14. The number of thioether (sulfide) groups is 1. The van der Waals surface area contributed by atoms with Crippen LogP contribution in [0.4, 0.5) is 11.4 Å². The van der Waals surface area contributed by atoms with Crippen LogP contribution >= 0.6 is 23.1 Å². The summed E-state index contributed by atoms with van der Waals surface area (Å²) in [5.74, 6) is 1.18. The van der Waals surface area contributed by atoms with Crippen LogP contribution in [-0.4, -0.2) is 54.7 Å². The van der Waals surface area contributed by atoms with E-state index in [4.69, 9.17) is 9.47 Å². The van der Waals surface area contributed by atoms with Gasteiger partial charge in [0.15, 0.2) is 5.17 Å². The minimum Gasteiger partial charge on any atom is -0.497 e. The predicted octanol–water partition coefficient (Wildman–Crippen LogP) is 3.36. The van der Waals surface area contributed by atoms with Crippen LogP contribution in [-0.2, 0) is 4.79 Å². The number of benzene rings is 1. The molecule has 2 aromatic rings. The number of carbonyl (C=O) groups is 2. The minimum absolute atomic E-state index is 0.0170. The summed E-state index contributed by atoms with van der Waals surface area (Å²) in [5.41, 5.74) is 4.48. The molecule has 1 atom stereocenters. The molecule has 3 heterocycles. The van der Waals surface area contributed by atoms with Crippen molar-refractivity contribution < 1.29 is 19.1 Å². The largest absolute Gasteiger partial charge is 0.497 e. The van der Waals surface area contributed by atoms with Crippen LogP contribution in [0.5, 0.6) is 11.5 Å². The number of amidine groups is 1. The Labute approximate surface area is 194 Å². The van der Waals surface area contributed by atoms with Gasteiger partial charge in [-0.3, -0.25) is 24.8 Å². The first kappa shape index (κ1) is 22.3. The summed E-state index contributed by atoms with van der Waals surface area (Å²) in [7, 11) is 3.12. The van der Waals surface area contributed by atoms with Crippen LogP contribution in [0, 0.1) is 0 Å². The van der Waals surface area contributed by atoms with Gasteiger partial charge in [0, 0.05) is 30.4 Å². The molecule has 9 nitrogen and oxygen atoms in total. The van der Waals surface area contributed by atoms with Gasteiger partial charge in [-0.25, -0.2) is 0 Å². The zero-order valence-electron chi connectivity index (χ0n) is 18.1. The molecule has 0 aliphatic carbocycles. The fourth-order valence-corrected chi connectivity index (χ4v) is 5.15. The number of carbonyl (C=O) groups excluding carboxylic acids is 2. The predicted molar refractivity (Wildman–Crippen MR) is 128 cm³/mol. The Morgan fingerprint density at radius 1 is 1.28 bits per heavy atom. The third-order valence-corrected chi connectivity index (χ3v) is 6.95. The van der Waals surface area contributed by atoms with E-state index < -0.39 is 0 Å². The van der Waals surface area contributed by atoms with Crippen molar-refractivity contribution >= 4 is 51.5 Å². The molecule has 170 valence electrons. The van der Waals surface area contributed by atoms with Gasteiger partial charge >= 0.3 is 0 Å². The number of anilines is 2. The molecule has 2 aliphatic rings. The van der Waals surface area contributed by atoms with E-state index in [0.29, 0.717) is 33.8 Å². The van der Waals surface area contributed by atoms with Crippen molar-refractivity contribution in [3.63, 3.8) is 0 Å². The summed E-state index contributed by atoms with van der Waals surface area (Å²) >= 11 is 2.74. The number of hydrazone groups is 1. The van der Waals surface area contributed by atoms with E-state index in [1.54, 1.807) is 32.4 Å². The second-order valence-electron chi connectivity index (χ2n) is 7.19. The van der Waals surface area contributed by atoms with Gasteiger partial charge in [0.05, 0.1) is 25.7 Å². The minimum atomic E-state index is -0.371. The van der Waals surface area contributed by atoms with Crippen LogP contribution in [0.3, 0.4) is 0 Å². The van der Waals surface area contributed by atoms with E-state index in [2.05, 4.69) is 22.8 Å². The lowest BCUT2D eigenvalue weighted by Gasteiger charge is -2.39. The number of nitrogens with one attached hydrogen (secondary N) is 2. The van der Waals surface area contributed by atoms with Gasteiger partial charge in [-0.1, -0.05) is 25.1 Å². The van der Waals surface area contributed by atoms with Crippen LogP contribution in [0.2, 0.25) is 0 Å². The fourth-order valence-electron chi connectivity index (χ4n) is 3.53. The van der Waals surface area contributed by atoms with Gasteiger partial charge in [0.2, 0.25) is 12.2 Å². The maximum atomic E-state index is 12.9. The van der Waals surface area contributed by atoms with Crippen LogP contribution in [0.25, 0.3) is 0 Å². The van der Waals surface area contributed by atoms with Crippen molar-refractivity contribution in [2.75, 3.05) is 36.7 Å². The summed E-state index contributed by atoms with van der Waals surface area (Å²) in [6.45, 7) is 2.74. The number of methoxy groups -OCH3 is 2. The highest BCUT2D eigenvalue weighted by atomic mass is 32.2. The van der Waals surface area contributed by atoms with E-state index in [1.165, 1.54) is 23.1 Å². The second kappa shape index (κ2) is 9.70. The average molecular weight is 476 g/mol. The smallest absolute Gasteiger partial charge is 0.269 e. The molecule has 11 heteroatoms. The van der Waals surface area contributed by atoms with Crippen LogP contribution in [0.1, 0.15) is 29.4 Å². The van der Waals surface area contributed by atoms with E-state index in [0.717, 1.165) is 18.5 Å². The normalized spacial score (nSPS) is 16.8. The van der Waals surface area contributed by atoms with Crippen molar-refractivity contribution in [3.05, 3.63) is 34.5 Å². The third-order valence-electron chi connectivity index (χ3n) is 5.10. The fraction of sp³-hybridized carbons (Fsp3) is 0.381. The standard InChI is InChI=1S/C21H25N5O4S2/c1-4-5-7-25-19(28)18-16(6-8-31-18)26-20(25)23-24-21(26)32-12-17(27)22-13-9-14(29-2)11-15(10-13)30-3/h6,8-11,20,23H,4-5,7,12H2,1-3H3,(H,22,27). The van der Waals surface area contributed by atoms with Gasteiger partial charge in [-0.05, 0) is 17.9 Å². The van der Waals surface area contributed by atoms with Crippen molar-refractivity contribution in [2.45, 2.75) is 26.1 Å². The summed E-state index contributed by atoms with van der Waals surface area (Å²) in [6.07, 6.45) is 1.53. The van der Waals surface area contributed by atoms with Crippen molar-refractivity contribution in [1.29, 1.82) is 0 Å². The zero-order chi connectivity index (χ0) is 22.7. The molecule has 1 aromatic heterocycles. The molecule has 0 saturated heterocycles. The zero-order valence-corrected chi connectivity index (χ0v) is 19.7. The Hall–Kier alpha value is -2.92. The van der Waals surface area contributed by atoms with Gasteiger partial charge in [0.25, 0.3) is 5.91 Å². The monoisotopic (exact) mass is 475 g/mol. The SMILES string of the molecule is CCCCN1C(=O)c2sccc2N2C(SCC(=O)Nc3cc(OC)cc(OC)c3)=NNC12. The van der Waals surface area contributed by atoms with Crippen molar-refractivity contribution in [2.24, 2.45) is 5.10 Å². The second-order valence-corrected chi connectivity index (χ2v) is 9.05. The average Bonchev–Trinajstić information content (AvgIpc) is 3.44. The number of ether oxygens (including phenoxy) is 2. The molecule has 1 unspecified atom stereocenters. The molecule has 1 aromatic carbocycles. The van der Waals surface area contributed by atoms with E-state index in [-0.39, 0.29) is 23.9 Å². The molecular formula is C21H25N5O4S2. The van der Waals surface area contributed by atoms with Gasteiger partial charge in [-0.2, -0.15) is 5.10 Å². The number of thiophene rings is 1. The number of amides is 2. The summed E-state index contributed by atoms with van der Waals surface area (Å²) in [6, 6.07) is 7.13. The Kier molecular flexibility index (Phi) is 6.75. The maximum Gasteiger partial charge on any atom is 0.269 e. The molecule has 2 N–H and O–H groups in total. The van der Waals surface area contributed by atoms with Gasteiger partial charge in [-0.15, -0.1) is 11.3 Å². The lowest BCUT2D eigenvalue weighted by molar-refractivity contribution is -0.113. The van der Waals surface area contributed by atoms with Crippen LogP contribution in [0.15, 0.2) is 34.7 Å². The Bertz CT molecular complexity index is 1020. The lowest BCUT2D eigenvalue weighted by atomic mass is 10.2. The Morgan fingerprint density at radius 3 is 2.72 bits per heavy atom. The first-order valence-electron chi connectivity index (χ1n) is 10.2. The van der Waals surface area contributed by atoms with Crippen LogP contribution < -0.4 is 25.1 Å². The van der Waals surface area contributed by atoms with E-state index in [9.17, 15) is 9.59 Å². The highest BCUT2D eigenvalue weighted by Gasteiger charge is 2.43. The number of hydrogen-bond donors (Lipinski definition) is 2. The summed E-state index contributed by atoms with van der Waals surface area (Å²) < 4.78 is 10.5. The molecular weight excluding hydrogens is 450 g/mol. The molecule has 0 saturated carbocycles. The summed E-state index contributed by atoms with van der Waals surface area (Å²) in [5, 5.41) is 9.86. The van der Waals surface area contributed by atoms with Crippen molar-refractivity contribution in [1.82, 2.24) is 10.3 Å². The number of fused-ring (bicyclic) bond motifs is 3. The summed E-state index contributed by atoms with van der Waals surface area (Å²) in [4.78, 5) is 30.0. The van der Waals surface area contributed by atoms with Crippen molar-refractivity contribution in [3.8, 4) is 11.5 Å². The number of rotatable bonds is 8. The topological polar surface area (TPSA) is 95.5 Å². The lowest BCUT2D eigenvalue weighted by Crippen LogP contribution is -2.58. The van der Waals surface area contributed by atoms with Gasteiger partial charge in [0.1, 0.15) is 16.4 Å². The van der Waals surface area contributed by atoms with E-state index >= 15 is 0 Å². The molecule has 0 spiro atoms. The molecule has 0 fully saturated rings. The molecule has 2 amide bonds. The Balaban J connectivity index is 1.44. The number of unbranched alkanes of at least 4 members (excludes halogenated alkanes) is 1. The molecule has 32 heavy (non-hydrogen) atoms. The molecule has 2 aliphatic heterocycles. The first-order valence-corrected chi connectivity index (χ1v) is 12.1. The molecule has 0 radical (unpaired) electrons. The Morgan fingerprint density at radius 2 is 2.03 bits per heavy atom. The molecule has 4 rings (SSSR count). The third kappa shape index (κ3) is 4.35. The van der Waals surface area contributed by atoms with E-state index in [1.807, 2.05) is 21.2 Å². The highest BCUT2D eigenvalue weighted by Crippen LogP contribution is 2.38. The first-order chi connectivity index (χ1) is 15.5. The quantitative estimate of drug-likeness (QED) is 0.604.